The number of halogens is 1. The van der Waals surface area contributed by atoms with Crippen LogP contribution in [-0.2, 0) is 4.74 Å². The average molecular weight is 191 g/mol. The Balaban J connectivity index is 2.52. The maximum absolute atomic E-state index is 6.23. The molecule has 0 aromatic carbocycles. The molecule has 1 rings (SSSR count). The molecule has 0 spiro atoms. The molecule has 2 unspecified atom stereocenters. The smallest absolute Gasteiger partial charge is 0.0615 e. The molecular weight excluding hydrogens is 172 g/mol. The highest BCUT2D eigenvalue weighted by atomic mass is 35.5. The molecule has 0 aliphatic carbocycles. The van der Waals surface area contributed by atoms with E-state index in [9.17, 15) is 0 Å². The van der Waals surface area contributed by atoms with Gasteiger partial charge in [-0.1, -0.05) is 20.8 Å². The second-order valence-corrected chi connectivity index (χ2v) is 4.28. The van der Waals surface area contributed by atoms with Crippen LogP contribution in [0.25, 0.3) is 0 Å². The molecule has 0 radical (unpaired) electrons. The van der Waals surface area contributed by atoms with Crippen LogP contribution in [0.3, 0.4) is 0 Å². The van der Waals surface area contributed by atoms with Crippen LogP contribution in [0.4, 0.5) is 0 Å². The summed E-state index contributed by atoms with van der Waals surface area (Å²) < 4.78 is 5.88. The van der Waals surface area contributed by atoms with E-state index in [4.69, 9.17) is 16.3 Å². The van der Waals surface area contributed by atoms with E-state index in [1.807, 2.05) is 0 Å². The molecular formula is C10H19ClO. The van der Waals surface area contributed by atoms with Crippen LogP contribution in [0.1, 0.15) is 40.0 Å². The molecule has 1 aliphatic rings. The molecule has 1 heterocycles. The molecule has 0 aromatic rings. The summed E-state index contributed by atoms with van der Waals surface area (Å²) in [6.07, 6.45) is 3.98. The summed E-state index contributed by atoms with van der Waals surface area (Å²) in [5, 5.41) is 0.314. The third-order valence-electron chi connectivity index (χ3n) is 2.87. The van der Waals surface area contributed by atoms with Crippen LogP contribution in [-0.4, -0.2) is 17.6 Å². The van der Waals surface area contributed by atoms with Crippen LogP contribution in [0.2, 0.25) is 0 Å². The Labute approximate surface area is 80.4 Å². The van der Waals surface area contributed by atoms with Gasteiger partial charge in [-0.2, -0.15) is 0 Å². The number of rotatable bonds is 2. The lowest BCUT2D eigenvalue weighted by atomic mass is 9.90. The first-order valence-corrected chi connectivity index (χ1v) is 5.42. The molecule has 4 atom stereocenters. The summed E-state index contributed by atoms with van der Waals surface area (Å²) in [6.45, 7) is 6.53. The van der Waals surface area contributed by atoms with Crippen LogP contribution in [0.15, 0.2) is 0 Å². The van der Waals surface area contributed by atoms with Crippen LogP contribution < -0.4 is 0 Å². The summed E-state index contributed by atoms with van der Waals surface area (Å²) in [7, 11) is 0. The highest BCUT2D eigenvalue weighted by Gasteiger charge is 2.32. The van der Waals surface area contributed by atoms with Crippen molar-refractivity contribution in [2.45, 2.75) is 57.6 Å². The van der Waals surface area contributed by atoms with Crippen molar-refractivity contribution in [3.05, 3.63) is 0 Å². The SMILES string of the molecule is CC[C@@H]1CC(Cl)C(C)[C@H](CC)O1. The van der Waals surface area contributed by atoms with Gasteiger partial charge in [0.2, 0.25) is 0 Å². The first-order chi connectivity index (χ1) is 5.69. The van der Waals surface area contributed by atoms with Crippen molar-refractivity contribution >= 4 is 11.6 Å². The summed E-state index contributed by atoms with van der Waals surface area (Å²) in [5.41, 5.74) is 0. The highest BCUT2D eigenvalue weighted by molar-refractivity contribution is 6.20. The molecule has 1 fully saturated rings. The lowest BCUT2D eigenvalue weighted by Crippen LogP contribution is -2.39. The molecule has 1 aliphatic heterocycles. The van der Waals surface area contributed by atoms with Crippen molar-refractivity contribution in [1.82, 2.24) is 0 Å². The highest BCUT2D eigenvalue weighted by Crippen LogP contribution is 2.31. The van der Waals surface area contributed by atoms with E-state index in [0.29, 0.717) is 23.5 Å². The molecule has 1 saturated heterocycles. The molecule has 0 N–H and O–H groups in total. The Bertz CT molecular complexity index is 138. The van der Waals surface area contributed by atoms with E-state index in [1.54, 1.807) is 0 Å². The van der Waals surface area contributed by atoms with Gasteiger partial charge in [0.05, 0.1) is 12.2 Å². The Morgan fingerprint density at radius 2 is 2.00 bits per heavy atom. The second kappa shape index (κ2) is 4.48. The Kier molecular flexibility index (Phi) is 3.85. The third-order valence-corrected chi connectivity index (χ3v) is 3.45. The van der Waals surface area contributed by atoms with Gasteiger partial charge in [0.1, 0.15) is 0 Å². The Morgan fingerprint density at radius 1 is 1.33 bits per heavy atom. The van der Waals surface area contributed by atoms with E-state index in [0.717, 1.165) is 19.3 Å². The van der Waals surface area contributed by atoms with Crippen molar-refractivity contribution < 1.29 is 4.74 Å². The van der Waals surface area contributed by atoms with Gasteiger partial charge in [0.25, 0.3) is 0 Å². The molecule has 72 valence electrons. The first kappa shape index (κ1) is 10.3. The Hall–Kier alpha value is 0.250. The molecule has 12 heavy (non-hydrogen) atoms. The molecule has 0 aromatic heterocycles. The van der Waals surface area contributed by atoms with Crippen molar-refractivity contribution in [2.24, 2.45) is 5.92 Å². The molecule has 0 amide bonds. The van der Waals surface area contributed by atoms with Gasteiger partial charge in [0.15, 0.2) is 0 Å². The van der Waals surface area contributed by atoms with Gasteiger partial charge < -0.3 is 4.74 Å². The molecule has 1 nitrogen and oxygen atoms in total. The van der Waals surface area contributed by atoms with Gasteiger partial charge in [-0.3, -0.25) is 0 Å². The fourth-order valence-electron chi connectivity index (χ4n) is 1.86. The zero-order chi connectivity index (χ0) is 9.14. The fraction of sp³-hybridized carbons (Fsp3) is 1.00. The van der Waals surface area contributed by atoms with Crippen LogP contribution in [0, 0.1) is 5.92 Å². The largest absolute Gasteiger partial charge is 0.375 e. The molecule has 0 bridgehead atoms. The van der Waals surface area contributed by atoms with Gasteiger partial charge in [-0.05, 0) is 25.2 Å². The van der Waals surface area contributed by atoms with Gasteiger partial charge in [-0.15, -0.1) is 11.6 Å². The minimum absolute atomic E-state index is 0.314. The van der Waals surface area contributed by atoms with E-state index in [1.165, 1.54) is 0 Å². The maximum atomic E-state index is 6.23. The lowest BCUT2D eigenvalue weighted by Gasteiger charge is -2.37. The molecule has 2 heteroatoms. The zero-order valence-corrected chi connectivity index (χ0v) is 8.97. The predicted octanol–water partition coefficient (Wildman–Crippen LogP) is 3.21. The number of hydrogen-bond donors (Lipinski definition) is 0. The molecule has 0 saturated carbocycles. The number of hydrogen-bond acceptors (Lipinski definition) is 1. The minimum Gasteiger partial charge on any atom is -0.375 e. The van der Waals surface area contributed by atoms with Gasteiger partial charge >= 0.3 is 0 Å². The quantitative estimate of drug-likeness (QED) is 0.608. The van der Waals surface area contributed by atoms with E-state index < -0.39 is 0 Å². The summed E-state index contributed by atoms with van der Waals surface area (Å²) in [5.74, 6) is 0.513. The Morgan fingerprint density at radius 3 is 2.50 bits per heavy atom. The topological polar surface area (TPSA) is 9.23 Å². The van der Waals surface area contributed by atoms with Crippen molar-refractivity contribution in [3.8, 4) is 0 Å². The second-order valence-electron chi connectivity index (χ2n) is 3.72. The monoisotopic (exact) mass is 190 g/mol. The first-order valence-electron chi connectivity index (χ1n) is 4.98. The van der Waals surface area contributed by atoms with Gasteiger partial charge in [0, 0.05) is 5.38 Å². The van der Waals surface area contributed by atoms with Gasteiger partial charge in [-0.25, -0.2) is 0 Å². The minimum atomic E-state index is 0.314. The normalized spacial score (nSPS) is 43.0. The number of ether oxygens (including phenoxy) is 1. The summed E-state index contributed by atoms with van der Waals surface area (Å²) in [4.78, 5) is 0. The van der Waals surface area contributed by atoms with Crippen molar-refractivity contribution in [2.75, 3.05) is 0 Å². The summed E-state index contributed by atoms with van der Waals surface area (Å²) in [6, 6.07) is 0. The van der Waals surface area contributed by atoms with Crippen molar-refractivity contribution in [3.63, 3.8) is 0 Å². The lowest BCUT2D eigenvalue weighted by molar-refractivity contribution is -0.0782. The third kappa shape index (κ3) is 2.14. The van der Waals surface area contributed by atoms with Crippen molar-refractivity contribution in [1.29, 1.82) is 0 Å². The maximum Gasteiger partial charge on any atom is 0.0615 e. The number of alkyl halides is 1. The zero-order valence-electron chi connectivity index (χ0n) is 8.22. The average Bonchev–Trinajstić information content (AvgIpc) is 2.09. The standard InChI is InChI=1S/C10H19ClO/c1-4-8-6-9(11)7(3)10(5-2)12-8/h7-10H,4-6H2,1-3H3/t7?,8-,9?,10+/m1/s1. The van der Waals surface area contributed by atoms with E-state index in [-0.39, 0.29) is 0 Å². The summed E-state index contributed by atoms with van der Waals surface area (Å²) >= 11 is 6.23. The van der Waals surface area contributed by atoms with Crippen LogP contribution in [0.5, 0.6) is 0 Å². The van der Waals surface area contributed by atoms with E-state index in [2.05, 4.69) is 20.8 Å². The van der Waals surface area contributed by atoms with Crippen LogP contribution >= 0.6 is 11.6 Å². The predicted molar refractivity (Wildman–Crippen MR) is 52.7 cm³/mol. The van der Waals surface area contributed by atoms with E-state index >= 15 is 0 Å². The fourth-order valence-corrected chi connectivity index (χ4v) is 2.22.